The summed E-state index contributed by atoms with van der Waals surface area (Å²) in [5, 5.41) is 17.0. The van der Waals surface area contributed by atoms with Crippen LogP contribution in [0.25, 0.3) is 0 Å². The van der Waals surface area contributed by atoms with Crippen molar-refractivity contribution in [3.8, 4) is 0 Å². The number of benzene rings is 2. The van der Waals surface area contributed by atoms with E-state index in [0.717, 1.165) is 24.8 Å². The lowest BCUT2D eigenvalue weighted by Gasteiger charge is -2.41. The number of urea groups is 1. The Kier molecular flexibility index (Phi) is 31.8. The summed E-state index contributed by atoms with van der Waals surface area (Å²) in [5.41, 5.74) is 7.29. The third-order valence-corrected chi connectivity index (χ3v) is 17.0. The third kappa shape index (κ3) is 22.7. The Balaban J connectivity index is 1.71. The van der Waals surface area contributed by atoms with Crippen molar-refractivity contribution >= 4 is 59.2 Å². The third-order valence-electron chi connectivity index (χ3n) is 17.0. The molecule has 22 heteroatoms. The zero-order chi connectivity index (χ0) is 65.2. The molecule has 1 aliphatic rings. The molecule has 2 aromatic carbocycles. The van der Waals surface area contributed by atoms with Crippen molar-refractivity contribution in [2.45, 2.75) is 214 Å². The number of carbonyl (C=O) groups is 9. The molecular weight excluding hydrogens is 1110 g/mol. The second-order valence-corrected chi connectivity index (χ2v) is 24.6. The number of nitrogens with two attached hydrogens (primary N) is 1. The van der Waals surface area contributed by atoms with Crippen molar-refractivity contribution in [2.24, 2.45) is 35.3 Å². The van der Waals surface area contributed by atoms with Gasteiger partial charge < -0.3 is 61.6 Å². The molecule has 488 valence electrons. The maximum Gasteiger partial charge on any atom is 0.410 e. The fraction of sp³-hybridized carbons (Fsp3) is 0.677. The number of anilines is 1. The molecule has 1 aliphatic heterocycles. The highest BCUT2D eigenvalue weighted by Crippen LogP contribution is 2.31. The smallest absolute Gasteiger partial charge is 0.410 e. The van der Waals surface area contributed by atoms with Gasteiger partial charge in [-0.25, -0.2) is 9.59 Å². The molecule has 0 spiro atoms. The molecular formula is C65H106N10O12. The zero-order valence-corrected chi connectivity index (χ0v) is 54.9. The quantitative estimate of drug-likeness (QED) is 0.0332. The zero-order valence-electron chi connectivity index (χ0n) is 54.9. The van der Waals surface area contributed by atoms with Crippen LogP contribution in [0.5, 0.6) is 0 Å². The highest BCUT2D eigenvalue weighted by atomic mass is 16.6. The Bertz CT molecular complexity index is 2520. The molecule has 0 radical (unpaired) electrons. The molecule has 22 nitrogen and oxygen atoms in total. The number of likely N-dealkylation sites (N-methyl/N-ethyl adjacent to an activating group) is 2. The van der Waals surface area contributed by atoms with Crippen molar-refractivity contribution in [3.63, 3.8) is 0 Å². The Morgan fingerprint density at radius 2 is 1.34 bits per heavy atom. The first-order chi connectivity index (χ1) is 41.1. The van der Waals surface area contributed by atoms with E-state index in [1.165, 1.54) is 19.1 Å². The van der Waals surface area contributed by atoms with Crippen LogP contribution in [0.3, 0.4) is 0 Å². The summed E-state index contributed by atoms with van der Waals surface area (Å²) in [5.74, 6) is -4.34. The average Bonchev–Trinajstić information content (AvgIpc) is 3.22. The standard InChI is InChI=1S/C65H106N10O12/c1-17-19-21-30-52(76)71-54(39(3)4)61(80)70-49(28-24-35-67-64(66)83)60(79)69-48-33-31-46(32-34-48)38-87-65(84)74(14)56(41(7)8)62(81)72-55(40(5)6)63(82)73(13)57(42(9)18-2)51(85-15)37-53(77)75-36-25-29-50(75)58(86-16)44(11)59(78)68-45(12)43(10)47-26-22-20-23-27-47/h20,22-23,26-27,31-34,39-45,49-51,54-58H,17-19,21,24-25,28-30,35-38H2,1-16H3,(H,68,78)(H,69,79)(H,70,80)(H,71,76)(H,72,81)(H3,66,67,83). The highest BCUT2D eigenvalue weighted by molar-refractivity contribution is 5.98. The van der Waals surface area contributed by atoms with Crippen molar-refractivity contribution in [1.82, 2.24) is 41.3 Å². The van der Waals surface area contributed by atoms with Gasteiger partial charge in [0.1, 0.15) is 30.8 Å². The minimum absolute atomic E-state index is 0.0480. The van der Waals surface area contributed by atoms with Gasteiger partial charge in [0, 0.05) is 65.5 Å². The highest BCUT2D eigenvalue weighted by Gasteiger charge is 2.44. The first-order valence-electron chi connectivity index (χ1n) is 31.3. The Labute approximate surface area is 518 Å². The summed E-state index contributed by atoms with van der Waals surface area (Å²) in [6.45, 7) is 23.2. The summed E-state index contributed by atoms with van der Waals surface area (Å²) < 4.78 is 17.8. The minimum atomic E-state index is -1.05. The number of unbranched alkanes of at least 4 members (excludes halogenated alkanes) is 2. The Morgan fingerprint density at radius 3 is 1.91 bits per heavy atom. The lowest BCUT2D eigenvalue weighted by atomic mass is 9.89. The number of hydrogen-bond donors (Lipinski definition) is 7. The fourth-order valence-corrected chi connectivity index (χ4v) is 11.4. The lowest BCUT2D eigenvalue weighted by molar-refractivity contribution is -0.148. The number of nitrogens with zero attached hydrogens (tertiary/aromatic N) is 3. The summed E-state index contributed by atoms with van der Waals surface area (Å²) in [6, 6.07) is 10.7. The topological polar surface area (TPSA) is 289 Å². The van der Waals surface area contributed by atoms with Gasteiger partial charge in [0.05, 0.1) is 36.6 Å². The molecule has 3 rings (SSSR count). The van der Waals surface area contributed by atoms with Gasteiger partial charge in [0.15, 0.2) is 0 Å². The van der Waals surface area contributed by atoms with Crippen LogP contribution < -0.4 is 37.6 Å². The molecule has 0 saturated carbocycles. The van der Waals surface area contributed by atoms with Gasteiger partial charge in [-0.3, -0.25) is 38.5 Å². The van der Waals surface area contributed by atoms with Crippen molar-refractivity contribution in [1.29, 1.82) is 0 Å². The lowest BCUT2D eigenvalue weighted by Crippen LogP contribution is -2.60. The van der Waals surface area contributed by atoms with Gasteiger partial charge in [0.2, 0.25) is 41.4 Å². The summed E-state index contributed by atoms with van der Waals surface area (Å²) >= 11 is 0. The van der Waals surface area contributed by atoms with E-state index >= 15 is 0 Å². The summed E-state index contributed by atoms with van der Waals surface area (Å²) in [4.78, 5) is 127. The van der Waals surface area contributed by atoms with Crippen molar-refractivity contribution in [3.05, 3.63) is 65.7 Å². The van der Waals surface area contributed by atoms with E-state index in [1.807, 2.05) is 78.8 Å². The van der Waals surface area contributed by atoms with Gasteiger partial charge in [-0.15, -0.1) is 0 Å². The van der Waals surface area contributed by atoms with Crippen LogP contribution in [0.2, 0.25) is 0 Å². The van der Waals surface area contributed by atoms with Gasteiger partial charge in [0.25, 0.3) is 0 Å². The first kappa shape index (κ1) is 74.4. The molecule has 12 unspecified atom stereocenters. The van der Waals surface area contributed by atoms with E-state index in [4.69, 9.17) is 19.9 Å². The predicted octanol–water partition coefficient (Wildman–Crippen LogP) is 7.24. The van der Waals surface area contributed by atoms with Crippen LogP contribution in [0, 0.1) is 29.6 Å². The van der Waals surface area contributed by atoms with Gasteiger partial charge in [-0.2, -0.15) is 0 Å². The molecule has 8 N–H and O–H groups in total. The maximum atomic E-state index is 14.8. The van der Waals surface area contributed by atoms with E-state index in [-0.39, 0.29) is 80.0 Å². The molecule has 87 heavy (non-hydrogen) atoms. The number of carbonyl (C=O) groups excluding carboxylic acids is 9. The summed E-state index contributed by atoms with van der Waals surface area (Å²) in [7, 11) is 6.21. The number of rotatable bonds is 36. The predicted molar refractivity (Wildman–Crippen MR) is 337 cm³/mol. The normalized spacial score (nSPS) is 17.0. The number of hydrogen-bond acceptors (Lipinski definition) is 12. The van der Waals surface area contributed by atoms with Crippen LogP contribution in [0.15, 0.2) is 54.6 Å². The van der Waals surface area contributed by atoms with Gasteiger partial charge in [-0.1, -0.05) is 138 Å². The maximum absolute atomic E-state index is 14.8. The average molecular weight is 1220 g/mol. The van der Waals surface area contributed by atoms with Gasteiger partial charge >= 0.3 is 12.1 Å². The summed E-state index contributed by atoms with van der Waals surface area (Å²) in [6.07, 6.45) is 3.10. The van der Waals surface area contributed by atoms with Crippen LogP contribution in [0.1, 0.15) is 164 Å². The van der Waals surface area contributed by atoms with E-state index < -0.39 is 95.9 Å². The van der Waals surface area contributed by atoms with E-state index in [9.17, 15) is 43.2 Å². The van der Waals surface area contributed by atoms with E-state index in [1.54, 1.807) is 75.9 Å². The van der Waals surface area contributed by atoms with Crippen molar-refractivity contribution < 1.29 is 57.4 Å². The molecule has 0 aromatic heterocycles. The largest absolute Gasteiger partial charge is 0.445 e. The monoisotopic (exact) mass is 1220 g/mol. The van der Waals surface area contributed by atoms with Crippen molar-refractivity contribution in [2.75, 3.05) is 46.7 Å². The second kappa shape index (κ2) is 37.1. The number of methoxy groups -OCH3 is 2. The number of likely N-dealkylation sites (tertiary alicyclic amines) is 1. The molecule has 0 bridgehead atoms. The van der Waals surface area contributed by atoms with Gasteiger partial charge in [-0.05, 0) is 86.0 Å². The van der Waals surface area contributed by atoms with E-state index in [0.29, 0.717) is 43.5 Å². The first-order valence-corrected chi connectivity index (χ1v) is 31.3. The Morgan fingerprint density at radius 1 is 0.701 bits per heavy atom. The number of nitrogens with one attached hydrogen (secondary N) is 6. The van der Waals surface area contributed by atoms with E-state index in [2.05, 4.69) is 38.8 Å². The molecule has 1 saturated heterocycles. The minimum Gasteiger partial charge on any atom is -0.445 e. The van der Waals surface area contributed by atoms with Crippen LogP contribution in [-0.2, 0) is 54.4 Å². The fourth-order valence-electron chi connectivity index (χ4n) is 11.4. The van der Waals surface area contributed by atoms with Crippen LogP contribution in [0.4, 0.5) is 15.3 Å². The number of ether oxygens (including phenoxy) is 3. The molecule has 0 aliphatic carbocycles. The number of primary amides is 1. The molecule has 1 heterocycles. The SMILES string of the molecule is CCCCCC(=O)NC(C(=O)NC(CCCNC(N)=O)C(=O)Nc1ccc(COC(=O)N(C)C(C(=O)NC(C(=O)N(C)C(C(C)CC)C(CC(=O)N2CCCC2C(OC)C(C)C(=O)NC(C)C(C)c2ccccc2)OC)C(C)C)C(C)C)cc1)C(C)C. The molecule has 1 fully saturated rings. The van der Waals surface area contributed by atoms with Crippen LogP contribution in [-0.4, -0.2) is 164 Å². The second-order valence-electron chi connectivity index (χ2n) is 24.6. The Hall–Kier alpha value is -6.81. The molecule has 10 amide bonds. The van der Waals surface area contributed by atoms with Crippen LogP contribution >= 0.6 is 0 Å². The number of amides is 10. The molecule has 2 aromatic rings. The molecule has 12 atom stereocenters.